The zero-order chi connectivity index (χ0) is 25.2. The molecule has 8 heteroatoms. The minimum absolute atomic E-state index is 0.289. The normalized spacial score (nSPS) is 16.6. The Balaban J connectivity index is 1.11. The van der Waals surface area contributed by atoms with Crippen molar-refractivity contribution in [2.75, 3.05) is 33.3 Å². The molecule has 3 aromatic heterocycles. The highest BCUT2D eigenvalue weighted by Gasteiger charge is 2.31. The van der Waals surface area contributed by atoms with Crippen LogP contribution in [0, 0.1) is 5.92 Å². The number of hydrogen-bond donors (Lipinski definition) is 1. The van der Waals surface area contributed by atoms with Crippen molar-refractivity contribution in [1.29, 1.82) is 0 Å². The number of carbonyl (C=O) groups is 1. The van der Waals surface area contributed by atoms with Gasteiger partial charge in [-0.3, -0.25) is 19.7 Å². The molecule has 8 nitrogen and oxygen atoms in total. The Labute approximate surface area is 216 Å². The number of piperazine rings is 1. The minimum atomic E-state index is 0.289. The molecule has 4 heterocycles. The molecule has 0 unspecified atom stereocenters. The Morgan fingerprint density at radius 1 is 1.08 bits per heavy atom. The van der Waals surface area contributed by atoms with Crippen LogP contribution in [0.1, 0.15) is 36.3 Å². The molecular formula is C29H32N6O2. The van der Waals surface area contributed by atoms with Crippen LogP contribution in [0.2, 0.25) is 0 Å². The number of carbonyl (C=O) groups excluding carboxylic acids is 1. The van der Waals surface area contributed by atoms with E-state index in [1.54, 1.807) is 13.3 Å². The molecule has 0 atom stereocenters. The van der Waals surface area contributed by atoms with Crippen molar-refractivity contribution < 1.29 is 9.53 Å². The van der Waals surface area contributed by atoms with E-state index >= 15 is 0 Å². The Bertz CT molecular complexity index is 1400. The van der Waals surface area contributed by atoms with Crippen LogP contribution in [0.25, 0.3) is 22.2 Å². The molecule has 190 valence electrons. The van der Waals surface area contributed by atoms with E-state index in [2.05, 4.69) is 43.0 Å². The number of ether oxygens (including phenoxy) is 1. The summed E-state index contributed by atoms with van der Waals surface area (Å²) in [4.78, 5) is 34.1. The van der Waals surface area contributed by atoms with Crippen molar-refractivity contribution in [2.24, 2.45) is 5.92 Å². The maximum Gasteiger partial charge on any atom is 0.225 e. The molecule has 6 rings (SSSR count). The number of fused-ring (bicyclic) bond motifs is 1. The highest BCUT2D eigenvalue weighted by atomic mass is 16.5. The summed E-state index contributed by atoms with van der Waals surface area (Å²) < 4.78 is 5.50. The Morgan fingerprint density at radius 3 is 2.73 bits per heavy atom. The van der Waals surface area contributed by atoms with Crippen molar-refractivity contribution in [2.45, 2.75) is 32.2 Å². The summed E-state index contributed by atoms with van der Waals surface area (Å²) >= 11 is 0. The van der Waals surface area contributed by atoms with E-state index in [0.29, 0.717) is 12.3 Å². The fourth-order valence-electron chi connectivity index (χ4n) is 5.28. The van der Waals surface area contributed by atoms with Crippen LogP contribution in [-0.2, 0) is 17.8 Å². The lowest BCUT2D eigenvalue weighted by molar-refractivity contribution is -0.140. The summed E-state index contributed by atoms with van der Waals surface area (Å²) in [6, 6.07) is 12.3. The summed E-state index contributed by atoms with van der Waals surface area (Å²) in [6.45, 7) is 4.38. The largest absolute Gasteiger partial charge is 0.496 e. The number of rotatable bonds is 7. The zero-order valence-electron chi connectivity index (χ0n) is 21.2. The number of amides is 1. The lowest BCUT2D eigenvalue weighted by Crippen LogP contribution is -2.50. The zero-order valence-corrected chi connectivity index (χ0v) is 21.2. The van der Waals surface area contributed by atoms with Crippen LogP contribution >= 0.6 is 0 Å². The van der Waals surface area contributed by atoms with Gasteiger partial charge >= 0.3 is 0 Å². The van der Waals surface area contributed by atoms with Crippen LogP contribution < -0.4 is 4.74 Å². The van der Waals surface area contributed by atoms with Gasteiger partial charge in [0, 0.05) is 74.9 Å². The van der Waals surface area contributed by atoms with Crippen LogP contribution in [0.5, 0.6) is 5.75 Å². The average Bonchev–Trinajstić information content (AvgIpc) is 3.29. The molecule has 1 aliphatic heterocycles. The fraction of sp³-hybridized carbons (Fsp3) is 0.379. The third-order valence-corrected chi connectivity index (χ3v) is 7.62. The van der Waals surface area contributed by atoms with E-state index in [1.165, 1.54) is 12.0 Å². The van der Waals surface area contributed by atoms with E-state index in [1.807, 2.05) is 30.6 Å². The molecule has 0 bridgehead atoms. The number of H-pyrrole nitrogens is 1. The first-order chi connectivity index (χ1) is 18.2. The second-order valence-electron chi connectivity index (χ2n) is 10.1. The molecule has 0 spiro atoms. The first-order valence-corrected chi connectivity index (χ1v) is 13.1. The van der Waals surface area contributed by atoms with Crippen molar-refractivity contribution in [3.8, 4) is 16.9 Å². The van der Waals surface area contributed by atoms with Gasteiger partial charge in [-0.05, 0) is 54.3 Å². The average molecular weight is 497 g/mol. The highest BCUT2D eigenvalue weighted by Crippen LogP contribution is 2.31. The Morgan fingerprint density at radius 2 is 1.95 bits per heavy atom. The van der Waals surface area contributed by atoms with E-state index < -0.39 is 0 Å². The first kappa shape index (κ1) is 23.6. The second-order valence-corrected chi connectivity index (χ2v) is 10.1. The summed E-state index contributed by atoms with van der Waals surface area (Å²) in [7, 11) is 1.67. The second kappa shape index (κ2) is 10.3. The minimum Gasteiger partial charge on any atom is -0.496 e. The predicted octanol–water partition coefficient (Wildman–Crippen LogP) is 4.06. The molecule has 37 heavy (non-hydrogen) atoms. The van der Waals surface area contributed by atoms with E-state index in [9.17, 15) is 4.79 Å². The van der Waals surface area contributed by atoms with Crippen molar-refractivity contribution in [3.05, 3.63) is 72.1 Å². The lowest BCUT2D eigenvalue weighted by Gasteiger charge is -2.38. The molecule has 1 amide bonds. The quantitative estimate of drug-likeness (QED) is 0.415. The van der Waals surface area contributed by atoms with Gasteiger partial charge in [0.1, 0.15) is 11.6 Å². The van der Waals surface area contributed by atoms with Crippen LogP contribution in [0.15, 0.2) is 55.0 Å². The maximum atomic E-state index is 12.5. The number of benzene rings is 1. The van der Waals surface area contributed by atoms with Gasteiger partial charge in [0.05, 0.1) is 18.1 Å². The monoisotopic (exact) mass is 496 g/mol. The van der Waals surface area contributed by atoms with Gasteiger partial charge in [-0.25, -0.2) is 4.98 Å². The van der Waals surface area contributed by atoms with Gasteiger partial charge in [0.15, 0.2) is 0 Å². The van der Waals surface area contributed by atoms with Gasteiger partial charge in [0.25, 0.3) is 0 Å². The summed E-state index contributed by atoms with van der Waals surface area (Å²) in [5.41, 5.74) is 6.11. The third kappa shape index (κ3) is 5.06. The van der Waals surface area contributed by atoms with Crippen molar-refractivity contribution >= 4 is 16.9 Å². The smallest absolute Gasteiger partial charge is 0.225 e. The number of nitrogens with zero attached hydrogens (tertiary/aromatic N) is 5. The molecule has 1 saturated carbocycles. The molecule has 0 radical (unpaired) electrons. The molecule has 2 aliphatic rings. The lowest BCUT2D eigenvalue weighted by atomic mass is 9.84. The SMILES string of the molecule is COc1ccncc1-c1ccc2nc(Cc3cc(CN4CCN(C(=O)C5CCC5)CC4)ccn3)[nH]c2c1. The third-order valence-electron chi connectivity index (χ3n) is 7.62. The molecule has 1 aliphatic carbocycles. The molecule has 2 fully saturated rings. The number of aromatic nitrogens is 4. The van der Waals surface area contributed by atoms with Crippen LogP contribution in [0.3, 0.4) is 0 Å². The molecule has 1 aromatic carbocycles. The van der Waals surface area contributed by atoms with Crippen LogP contribution in [0.4, 0.5) is 0 Å². The summed E-state index contributed by atoms with van der Waals surface area (Å²) in [5, 5.41) is 0. The van der Waals surface area contributed by atoms with Gasteiger partial charge in [0.2, 0.25) is 5.91 Å². The summed E-state index contributed by atoms with van der Waals surface area (Å²) in [5.74, 6) is 2.34. The standard InChI is InChI=1S/C29H32N6O2/c1-37-27-8-9-30-18-24(27)22-5-6-25-26(16-22)33-28(32-25)17-23-15-20(7-10-31-23)19-34-11-13-35(14-12-34)29(36)21-3-2-4-21/h5-10,15-16,18,21H,2-4,11-14,17,19H2,1H3,(H,32,33). The van der Waals surface area contributed by atoms with Crippen molar-refractivity contribution in [1.82, 2.24) is 29.7 Å². The Kier molecular flexibility index (Phi) is 6.57. The van der Waals surface area contributed by atoms with Gasteiger partial charge in [-0.1, -0.05) is 12.5 Å². The summed E-state index contributed by atoms with van der Waals surface area (Å²) in [6.07, 6.45) is 9.42. The van der Waals surface area contributed by atoms with Gasteiger partial charge < -0.3 is 14.6 Å². The highest BCUT2D eigenvalue weighted by molar-refractivity contribution is 5.83. The number of methoxy groups -OCH3 is 1. The predicted molar refractivity (Wildman–Crippen MR) is 142 cm³/mol. The van der Waals surface area contributed by atoms with E-state index in [0.717, 1.165) is 85.0 Å². The van der Waals surface area contributed by atoms with Crippen LogP contribution in [-0.4, -0.2) is 68.9 Å². The first-order valence-electron chi connectivity index (χ1n) is 13.1. The van der Waals surface area contributed by atoms with Gasteiger partial charge in [-0.15, -0.1) is 0 Å². The van der Waals surface area contributed by atoms with Gasteiger partial charge in [-0.2, -0.15) is 0 Å². The molecule has 1 N–H and O–H groups in total. The fourth-order valence-corrected chi connectivity index (χ4v) is 5.28. The van der Waals surface area contributed by atoms with Crippen molar-refractivity contribution in [3.63, 3.8) is 0 Å². The number of pyridine rings is 2. The molecule has 4 aromatic rings. The van der Waals surface area contributed by atoms with E-state index in [4.69, 9.17) is 9.72 Å². The van der Waals surface area contributed by atoms with E-state index in [-0.39, 0.29) is 5.92 Å². The molecule has 1 saturated heterocycles. The Hall–Kier alpha value is -3.78. The number of hydrogen-bond acceptors (Lipinski definition) is 6. The number of imidazole rings is 1. The number of nitrogens with one attached hydrogen (secondary N) is 1. The topological polar surface area (TPSA) is 87.2 Å². The maximum absolute atomic E-state index is 12.5. The number of aromatic amines is 1. The molecular weight excluding hydrogens is 464 g/mol.